The first-order chi connectivity index (χ1) is 11.9. The highest BCUT2D eigenvalue weighted by Crippen LogP contribution is 2.37. The second-order valence-electron chi connectivity index (χ2n) is 5.52. The number of aliphatic hydroxyl groups is 2. The molecule has 1 heterocycles. The first-order valence-electron chi connectivity index (χ1n) is 7.65. The van der Waals surface area contributed by atoms with Gasteiger partial charge in [-0.25, -0.2) is 9.40 Å². The van der Waals surface area contributed by atoms with Crippen molar-refractivity contribution in [1.82, 2.24) is 5.01 Å². The highest BCUT2D eigenvalue weighted by molar-refractivity contribution is 7.99. The molecule has 2 rings (SSSR count). The number of hydrogen-bond donors (Lipinski definition) is 2. The third-order valence-electron chi connectivity index (χ3n) is 3.77. The molecular weight excluding hydrogens is 392 g/mol. The van der Waals surface area contributed by atoms with Crippen molar-refractivity contribution in [2.24, 2.45) is 10.3 Å². The van der Waals surface area contributed by atoms with Crippen LogP contribution in [0.1, 0.15) is 13.3 Å². The largest absolute Gasteiger partial charge is 0.394 e. The van der Waals surface area contributed by atoms with E-state index < -0.39 is 36.6 Å². The molecule has 10 heteroatoms. The Hall–Kier alpha value is -0.640. The maximum Gasteiger partial charge on any atom is 0.186 e. The average Bonchev–Trinajstić information content (AvgIpc) is 2.57. The summed E-state index contributed by atoms with van der Waals surface area (Å²) in [5, 5.41) is 29.2. The van der Waals surface area contributed by atoms with E-state index in [1.165, 1.54) is 25.7 Å². The van der Waals surface area contributed by atoms with E-state index in [0.29, 0.717) is 10.0 Å². The summed E-state index contributed by atoms with van der Waals surface area (Å²) in [6.45, 7) is 0.916. The minimum atomic E-state index is -1.45. The summed E-state index contributed by atoms with van der Waals surface area (Å²) < 4.78 is 19.6. The highest BCUT2D eigenvalue weighted by atomic mass is 35.5. The zero-order valence-electron chi connectivity index (χ0n) is 13.7. The number of ether oxygens (including phenoxy) is 1. The molecule has 5 atom stereocenters. The summed E-state index contributed by atoms with van der Waals surface area (Å²) in [5.41, 5.74) is -0.434. The van der Waals surface area contributed by atoms with Crippen LogP contribution in [-0.4, -0.2) is 58.9 Å². The Morgan fingerprint density at radius 1 is 1.44 bits per heavy atom. The van der Waals surface area contributed by atoms with E-state index in [9.17, 15) is 14.6 Å². The molecule has 0 amide bonds. The molecule has 1 aromatic carbocycles. The summed E-state index contributed by atoms with van der Waals surface area (Å²) in [6.07, 6.45) is -3.11. The standard InChI is InChI=1S/C15H20Cl2FN3O3S/c1-8(18)21(20-19-2)12-6-14(24-13(7-22)15(12)23)25-9-3-4-10(16)11(17)5-9/h3-5,8,12-15,22-23H,6-7H2,1-2H3/t8?,12-,13-,14-,15-/m1/s1. The molecule has 1 aliphatic rings. The fourth-order valence-electron chi connectivity index (χ4n) is 2.61. The number of halogens is 3. The van der Waals surface area contributed by atoms with E-state index in [2.05, 4.69) is 10.3 Å². The smallest absolute Gasteiger partial charge is 0.186 e. The van der Waals surface area contributed by atoms with Crippen molar-refractivity contribution in [3.05, 3.63) is 28.2 Å². The van der Waals surface area contributed by atoms with E-state index in [-0.39, 0.29) is 6.42 Å². The first kappa shape index (κ1) is 20.7. The van der Waals surface area contributed by atoms with E-state index >= 15 is 0 Å². The van der Waals surface area contributed by atoms with Crippen LogP contribution in [0.15, 0.2) is 33.4 Å². The van der Waals surface area contributed by atoms with Gasteiger partial charge in [-0.3, -0.25) is 0 Å². The fourth-order valence-corrected chi connectivity index (χ4v) is 4.10. The number of benzene rings is 1. The Labute approximate surface area is 159 Å². The van der Waals surface area contributed by atoms with Gasteiger partial charge in [-0.2, -0.15) is 5.11 Å². The first-order valence-corrected chi connectivity index (χ1v) is 9.29. The second-order valence-corrected chi connectivity index (χ2v) is 7.56. The molecule has 140 valence electrons. The van der Waals surface area contributed by atoms with Crippen molar-refractivity contribution in [1.29, 1.82) is 0 Å². The Kier molecular flexibility index (Phi) is 7.72. The lowest BCUT2D eigenvalue weighted by atomic mass is 9.99. The molecule has 0 bridgehead atoms. The maximum absolute atomic E-state index is 13.9. The Morgan fingerprint density at radius 2 is 2.16 bits per heavy atom. The van der Waals surface area contributed by atoms with Crippen LogP contribution >= 0.6 is 35.0 Å². The lowest BCUT2D eigenvalue weighted by Crippen LogP contribution is -2.56. The van der Waals surface area contributed by atoms with Gasteiger partial charge in [-0.1, -0.05) is 40.2 Å². The number of nitrogens with zero attached hydrogens (tertiary/aromatic N) is 3. The molecule has 1 unspecified atom stereocenters. The van der Waals surface area contributed by atoms with Crippen LogP contribution in [0.25, 0.3) is 0 Å². The third kappa shape index (κ3) is 5.18. The quantitative estimate of drug-likeness (QED) is 0.425. The van der Waals surface area contributed by atoms with E-state index in [0.717, 1.165) is 9.90 Å². The van der Waals surface area contributed by atoms with Crippen LogP contribution in [0.5, 0.6) is 0 Å². The number of alkyl halides is 1. The van der Waals surface area contributed by atoms with Gasteiger partial charge in [0.1, 0.15) is 17.6 Å². The Morgan fingerprint density at radius 3 is 2.72 bits per heavy atom. The predicted molar refractivity (Wildman–Crippen MR) is 95.7 cm³/mol. The van der Waals surface area contributed by atoms with Crippen LogP contribution in [-0.2, 0) is 4.74 Å². The van der Waals surface area contributed by atoms with Crippen LogP contribution in [0.4, 0.5) is 4.39 Å². The van der Waals surface area contributed by atoms with E-state index in [4.69, 9.17) is 27.9 Å². The average molecular weight is 412 g/mol. The predicted octanol–water partition coefficient (Wildman–Crippen LogP) is 3.54. The van der Waals surface area contributed by atoms with Gasteiger partial charge >= 0.3 is 0 Å². The van der Waals surface area contributed by atoms with Gasteiger partial charge in [0.15, 0.2) is 6.30 Å². The SMILES string of the molecule is CN=NN(C(C)F)[C@@H]1C[C@@H](Sc2ccc(Cl)c(Cl)c2)O[C@H](CO)[C@@H]1O. The molecule has 1 fully saturated rings. The molecule has 0 aromatic heterocycles. The van der Waals surface area contributed by atoms with E-state index in [1.54, 1.807) is 18.2 Å². The fraction of sp³-hybridized carbons (Fsp3) is 0.600. The third-order valence-corrected chi connectivity index (χ3v) is 5.60. The molecule has 1 saturated heterocycles. The molecule has 25 heavy (non-hydrogen) atoms. The molecule has 0 saturated carbocycles. The highest BCUT2D eigenvalue weighted by Gasteiger charge is 2.42. The molecule has 6 nitrogen and oxygen atoms in total. The monoisotopic (exact) mass is 411 g/mol. The summed E-state index contributed by atoms with van der Waals surface area (Å²) in [5.74, 6) is 0. The van der Waals surface area contributed by atoms with Gasteiger partial charge < -0.3 is 14.9 Å². The van der Waals surface area contributed by atoms with Crippen molar-refractivity contribution in [2.45, 2.75) is 48.2 Å². The molecule has 2 N–H and O–H groups in total. The lowest BCUT2D eigenvalue weighted by molar-refractivity contribution is -0.156. The van der Waals surface area contributed by atoms with Gasteiger partial charge in [-0.05, 0) is 25.1 Å². The molecule has 0 radical (unpaired) electrons. The van der Waals surface area contributed by atoms with Crippen molar-refractivity contribution >= 4 is 35.0 Å². The zero-order valence-corrected chi connectivity index (χ0v) is 16.0. The minimum absolute atomic E-state index is 0.288. The van der Waals surface area contributed by atoms with Gasteiger partial charge in [0.2, 0.25) is 0 Å². The number of hydrogen-bond acceptors (Lipinski definition) is 6. The maximum atomic E-state index is 13.9. The molecule has 0 aliphatic carbocycles. The van der Waals surface area contributed by atoms with Crippen LogP contribution < -0.4 is 0 Å². The van der Waals surface area contributed by atoms with Crippen LogP contribution in [0.3, 0.4) is 0 Å². The van der Waals surface area contributed by atoms with Crippen molar-refractivity contribution < 1.29 is 19.3 Å². The van der Waals surface area contributed by atoms with E-state index in [1.807, 2.05) is 0 Å². The van der Waals surface area contributed by atoms with Crippen molar-refractivity contribution in [3.63, 3.8) is 0 Å². The van der Waals surface area contributed by atoms with Crippen molar-refractivity contribution in [2.75, 3.05) is 13.7 Å². The topological polar surface area (TPSA) is 77.7 Å². The Balaban J connectivity index is 2.20. The molecule has 0 spiro atoms. The zero-order chi connectivity index (χ0) is 18.6. The van der Waals surface area contributed by atoms with Gasteiger partial charge in [0.25, 0.3) is 0 Å². The lowest BCUT2D eigenvalue weighted by Gasteiger charge is -2.42. The minimum Gasteiger partial charge on any atom is -0.394 e. The van der Waals surface area contributed by atoms with Gasteiger partial charge in [0, 0.05) is 11.3 Å². The number of rotatable bonds is 6. The molecular formula is C15H20Cl2FN3O3S. The second kappa shape index (κ2) is 9.34. The van der Waals surface area contributed by atoms with Gasteiger partial charge in [-0.15, -0.1) is 0 Å². The summed E-state index contributed by atoms with van der Waals surface area (Å²) in [6, 6.07) is 4.48. The van der Waals surface area contributed by atoms with Crippen molar-refractivity contribution in [3.8, 4) is 0 Å². The Bertz CT molecular complexity index is 611. The molecule has 1 aromatic rings. The summed E-state index contributed by atoms with van der Waals surface area (Å²) >= 11 is 13.3. The van der Waals surface area contributed by atoms with Crippen LogP contribution in [0, 0.1) is 0 Å². The molecule has 1 aliphatic heterocycles. The number of aliphatic hydroxyl groups excluding tert-OH is 2. The summed E-state index contributed by atoms with van der Waals surface area (Å²) in [7, 11) is 1.42. The van der Waals surface area contributed by atoms with Crippen LogP contribution in [0.2, 0.25) is 10.0 Å². The normalized spacial score (nSPS) is 28.3. The summed E-state index contributed by atoms with van der Waals surface area (Å²) in [4.78, 5) is 0.809. The number of thioether (sulfide) groups is 1. The van der Waals surface area contributed by atoms with Gasteiger partial charge in [0.05, 0.1) is 29.7 Å².